The average Bonchev–Trinajstić information content (AvgIpc) is 3.41. The van der Waals surface area contributed by atoms with E-state index >= 15 is 0 Å². The molecule has 1 saturated carbocycles. The third kappa shape index (κ3) is 5.04. The number of anilines is 1. The number of nitrogens with one attached hydrogen (secondary N) is 2. The second-order valence-electron chi connectivity index (χ2n) is 8.30. The highest BCUT2D eigenvalue weighted by molar-refractivity contribution is 6.41. The number of aliphatic imine (C=N–C) groups is 1. The molecule has 1 aliphatic carbocycles. The third-order valence-electron chi connectivity index (χ3n) is 5.82. The van der Waals surface area contributed by atoms with Gasteiger partial charge in [-0.25, -0.2) is 9.98 Å². The number of nitrogens with two attached hydrogens (primary N) is 1. The van der Waals surface area contributed by atoms with Crippen molar-refractivity contribution in [2.75, 3.05) is 32.1 Å². The number of Topliss-reactive ketones (excluding diaryl/α,β-unsaturated/α-hetero) is 1. The molecular weight excluding hydrogens is 414 g/mol. The number of pyridine rings is 1. The molecular formula is C21H27N7O4. The van der Waals surface area contributed by atoms with Crippen molar-refractivity contribution in [2.45, 2.75) is 37.8 Å². The van der Waals surface area contributed by atoms with Crippen molar-refractivity contribution in [3.8, 4) is 0 Å². The zero-order valence-corrected chi connectivity index (χ0v) is 17.9. The van der Waals surface area contributed by atoms with E-state index in [2.05, 4.69) is 25.7 Å². The number of primary amides is 1. The minimum atomic E-state index is -0.727. The van der Waals surface area contributed by atoms with E-state index in [1.54, 1.807) is 24.3 Å². The first-order valence-electron chi connectivity index (χ1n) is 10.7. The maximum Gasteiger partial charge on any atom is 0.267 e. The van der Waals surface area contributed by atoms with E-state index in [4.69, 9.17) is 10.5 Å². The molecule has 1 fully saturated rings. The molecule has 11 nitrogen and oxygen atoms in total. The molecule has 32 heavy (non-hydrogen) atoms. The van der Waals surface area contributed by atoms with Crippen LogP contribution in [0.2, 0.25) is 0 Å². The predicted octanol–water partition coefficient (Wildman–Crippen LogP) is -0.330. The Bertz CT molecular complexity index is 967. The lowest BCUT2D eigenvalue weighted by molar-refractivity contribution is -0.123. The number of aromatic nitrogens is 1. The first-order chi connectivity index (χ1) is 15.4. The maximum atomic E-state index is 12.6. The molecule has 3 heterocycles. The highest BCUT2D eigenvalue weighted by Gasteiger charge is 2.34. The van der Waals surface area contributed by atoms with Crippen molar-refractivity contribution in [3.63, 3.8) is 0 Å². The molecule has 1 aromatic heterocycles. The quantitative estimate of drug-likeness (QED) is 0.524. The second kappa shape index (κ2) is 9.33. The Labute approximate surface area is 185 Å². The predicted molar refractivity (Wildman–Crippen MR) is 117 cm³/mol. The smallest absolute Gasteiger partial charge is 0.267 e. The van der Waals surface area contributed by atoms with Gasteiger partial charge < -0.3 is 21.1 Å². The summed E-state index contributed by atoms with van der Waals surface area (Å²) in [6.45, 7) is 1.22. The van der Waals surface area contributed by atoms with Gasteiger partial charge in [-0.1, -0.05) is 0 Å². The summed E-state index contributed by atoms with van der Waals surface area (Å²) >= 11 is 0. The highest BCUT2D eigenvalue weighted by atomic mass is 16.5. The van der Waals surface area contributed by atoms with Crippen LogP contribution in [0.15, 0.2) is 28.4 Å². The summed E-state index contributed by atoms with van der Waals surface area (Å²) in [5.74, 6) is 0.835. The first kappa shape index (κ1) is 21.7. The fraction of sp³-hybridized carbons (Fsp3) is 0.524. The van der Waals surface area contributed by atoms with E-state index in [9.17, 15) is 14.4 Å². The summed E-state index contributed by atoms with van der Waals surface area (Å²) in [7, 11) is 1.70. The van der Waals surface area contributed by atoms with Crippen LogP contribution in [-0.2, 0) is 19.1 Å². The van der Waals surface area contributed by atoms with Crippen molar-refractivity contribution in [1.29, 1.82) is 0 Å². The van der Waals surface area contributed by atoms with Crippen LogP contribution < -0.4 is 16.4 Å². The molecule has 0 bridgehead atoms. The van der Waals surface area contributed by atoms with Crippen LogP contribution in [0.1, 0.15) is 31.2 Å². The molecule has 170 valence electrons. The number of nitrogens with zero attached hydrogens (tertiary/aromatic N) is 4. The molecule has 0 aromatic carbocycles. The summed E-state index contributed by atoms with van der Waals surface area (Å²) in [5.41, 5.74) is 6.18. The zero-order chi connectivity index (χ0) is 22.7. The lowest BCUT2D eigenvalue weighted by atomic mass is 9.88. The largest absolute Gasteiger partial charge is 0.475 e. The number of hydrogen-bond acceptors (Lipinski definition) is 9. The Morgan fingerprint density at radius 2 is 2.09 bits per heavy atom. The number of hydrazone groups is 1. The van der Waals surface area contributed by atoms with Crippen molar-refractivity contribution in [2.24, 2.45) is 21.7 Å². The Morgan fingerprint density at radius 1 is 1.31 bits per heavy atom. The third-order valence-corrected chi connectivity index (χ3v) is 5.82. The molecule has 0 radical (unpaired) electrons. The number of hydrogen-bond donors (Lipinski definition) is 3. The van der Waals surface area contributed by atoms with Crippen molar-refractivity contribution < 1.29 is 19.1 Å². The lowest BCUT2D eigenvalue weighted by Gasteiger charge is -2.21. The highest BCUT2D eigenvalue weighted by Crippen LogP contribution is 2.22. The Hall–Kier alpha value is -3.50. The SMILES string of the molecule is CN1CC(NC(=O)C2COC(c3ccnc(NCC4CCC(=O)CC4)c3)=N2)C(C(N)=O)=N1. The van der Waals surface area contributed by atoms with E-state index in [1.165, 1.54) is 0 Å². The van der Waals surface area contributed by atoms with Gasteiger partial charge in [0.1, 0.15) is 23.9 Å². The zero-order valence-electron chi connectivity index (χ0n) is 17.9. The lowest BCUT2D eigenvalue weighted by Crippen LogP contribution is -2.49. The molecule has 3 aliphatic rings. The topological polar surface area (TPSA) is 151 Å². The van der Waals surface area contributed by atoms with E-state index < -0.39 is 18.0 Å². The van der Waals surface area contributed by atoms with Crippen LogP contribution in [-0.4, -0.2) is 78.0 Å². The monoisotopic (exact) mass is 441 g/mol. The van der Waals surface area contributed by atoms with Crippen LogP contribution in [0.25, 0.3) is 0 Å². The van der Waals surface area contributed by atoms with Crippen LogP contribution >= 0.6 is 0 Å². The van der Waals surface area contributed by atoms with Gasteiger partial charge in [0.25, 0.3) is 5.91 Å². The van der Waals surface area contributed by atoms with E-state index in [-0.39, 0.29) is 18.2 Å². The van der Waals surface area contributed by atoms with Gasteiger partial charge >= 0.3 is 0 Å². The fourth-order valence-corrected chi connectivity index (χ4v) is 4.03. The van der Waals surface area contributed by atoms with Crippen LogP contribution in [0.5, 0.6) is 0 Å². The molecule has 2 amide bonds. The number of amides is 2. The molecule has 11 heteroatoms. The van der Waals surface area contributed by atoms with Crippen molar-refractivity contribution in [3.05, 3.63) is 23.9 Å². The second-order valence-corrected chi connectivity index (χ2v) is 8.30. The number of ketones is 1. The van der Waals surface area contributed by atoms with Crippen LogP contribution in [0.4, 0.5) is 5.82 Å². The van der Waals surface area contributed by atoms with E-state index in [0.29, 0.717) is 42.8 Å². The minimum Gasteiger partial charge on any atom is -0.475 e. The summed E-state index contributed by atoms with van der Waals surface area (Å²) < 4.78 is 5.66. The molecule has 2 atom stereocenters. The number of carbonyl (C=O) groups is 3. The molecule has 0 spiro atoms. The number of rotatable bonds is 7. The molecule has 4 rings (SSSR count). The number of carbonyl (C=O) groups excluding carboxylic acids is 3. The summed E-state index contributed by atoms with van der Waals surface area (Å²) in [4.78, 5) is 44.3. The van der Waals surface area contributed by atoms with Crippen LogP contribution in [0, 0.1) is 5.92 Å². The van der Waals surface area contributed by atoms with E-state index in [0.717, 1.165) is 24.9 Å². The molecule has 2 aliphatic heterocycles. The van der Waals surface area contributed by atoms with Crippen LogP contribution in [0.3, 0.4) is 0 Å². The molecule has 2 unspecified atom stereocenters. The Kier molecular flexibility index (Phi) is 6.33. The van der Waals surface area contributed by atoms with E-state index in [1.807, 2.05) is 6.07 Å². The fourth-order valence-electron chi connectivity index (χ4n) is 4.03. The van der Waals surface area contributed by atoms with Gasteiger partial charge in [-0.15, -0.1) is 0 Å². The molecule has 0 saturated heterocycles. The average molecular weight is 441 g/mol. The normalized spacial score (nSPS) is 23.4. The van der Waals surface area contributed by atoms with Crippen molar-refractivity contribution in [1.82, 2.24) is 15.3 Å². The molecule has 4 N–H and O–H groups in total. The number of ether oxygens (including phenoxy) is 1. The van der Waals surface area contributed by atoms with Gasteiger partial charge in [-0.05, 0) is 30.9 Å². The van der Waals surface area contributed by atoms with Gasteiger partial charge in [0, 0.05) is 38.2 Å². The first-order valence-corrected chi connectivity index (χ1v) is 10.7. The number of likely N-dealkylation sites (N-methyl/N-ethyl adjacent to an activating group) is 1. The summed E-state index contributed by atoms with van der Waals surface area (Å²) in [6.07, 6.45) is 4.76. The summed E-state index contributed by atoms with van der Waals surface area (Å²) in [6, 6.07) is 2.30. The van der Waals surface area contributed by atoms with Gasteiger partial charge in [-0.3, -0.25) is 19.4 Å². The maximum absolute atomic E-state index is 12.6. The van der Waals surface area contributed by atoms with Gasteiger partial charge in [-0.2, -0.15) is 5.10 Å². The van der Waals surface area contributed by atoms with Gasteiger partial charge in [0.05, 0.1) is 12.6 Å². The Morgan fingerprint density at radius 3 is 2.84 bits per heavy atom. The standard InChI is InChI=1S/C21H27N7O4/c1-28-10-15(18(27-28)19(22)30)25-20(31)16-11-32-21(26-16)13-6-7-23-17(8-13)24-9-12-2-4-14(29)5-3-12/h6-8,12,15-16H,2-5,9-11H2,1H3,(H2,22,30)(H,23,24)(H,25,31). The minimum absolute atomic E-state index is 0.105. The molecule has 1 aromatic rings. The Balaban J connectivity index is 1.35. The summed E-state index contributed by atoms with van der Waals surface area (Å²) in [5, 5.41) is 11.7. The van der Waals surface area contributed by atoms with Gasteiger partial charge in [0.2, 0.25) is 11.8 Å². The van der Waals surface area contributed by atoms with Crippen molar-refractivity contribution >= 4 is 35.0 Å². The van der Waals surface area contributed by atoms with Gasteiger partial charge in [0.15, 0.2) is 6.04 Å².